The number of hydrogen-bond donors (Lipinski definition) is 3. The third-order valence-electron chi connectivity index (χ3n) is 3.26. The van der Waals surface area contributed by atoms with E-state index < -0.39 is 0 Å². The van der Waals surface area contributed by atoms with Crippen molar-refractivity contribution in [3.8, 4) is 0 Å². The molecule has 3 N–H and O–H groups in total. The van der Waals surface area contributed by atoms with Gasteiger partial charge in [-0.25, -0.2) is 4.79 Å². The molecule has 0 bridgehead atoms. The number of carbonyl (C=O) groups excluding carboxylic acids is 1. The van der Waals surface area contributed by atoms with Crippen LogP contribution in [0.5, 0.6) is 0 Å². The predicted octanol–water partition coefficient (Wildman–Crippen LogP) is 2.94. The van der Waals surface area contributed by atoms with Crippen LogP contribution in [0.15, 0.2) is 41.9 Å². The zero-order chi connectivity index (χ0) is 15.1. The van der Waals surface area contributed by atoms with Crippen molar-refractivity contribution in [2.45, 2.75) is 19.3 Å². The van der Waals surface area contributed by atoms with Crippen LogP contribution in [-0.4, -0.2) is 25.6 Å². The lowest BCUT2D eigenvalue weighted by Crippen LogP contribution is -2.41. The van der Waals surface area contributed by atoms with Crippen LogP contribution in [-0.2, 0) is 6.42 Å². The first-order valence-electron chi connectivity index (χ1n) is 7.21. The molecule has 1 fully saturated rings. The van der Waals surface area contributed by atoms with Gasteiger partial charge in [0.25, 0.3) is 0 Å². The van der Waals surface area contributed by atoms with Crippen LogP contribution in [0.3, 0.4) is 0 Å². The van der Waals surface area contributed by atoms with E-state index in [9.17, 15) is 4.79 Å². The minimum atomic E-state index is -0.277. The summed E-state index contributed by atoms with van der Waals surface area (Å²) in [6.45, 7) is 4.48. The van der Waals surface area contributed by atoms with Crippen LogP contribution >= 0.6 is 12.4 Å². The summed E-state index contributed by atoms with van der Waals surface area (Å²) in [5.41, 5.74) is 2.10. The molecule has 1 aromatic carbocycles. The van der Waals surface area contributed by atoms with E-state index in [-0.39, 0.29) is 18.4 Å². The van der Waals surface area contributed by atoms with Crippen LogP contribution in [0, 0.1) is 5.92 Å². The summed E-state index contributed by atoms with van der Waals surface area (Å²) < 4.78 is 0. The third-order valence-corrected chi connectivity index (χ3v) is 3.26. The predicted molar refractivity (Wildman–Crippen MR) is 93.8 cm³/mol. The van der Waals surface area contributed by atoms with Crippen molar-refractivity contribution < 1.29 is 4.79 Å². The van der Waals surface area contributed by atoms with Crippen molar-refractivity contribution in [2.75, 3.05) is 18.9 Å². The van der Waals surface area contributed by atoms with Crippen LogP contribution < -0.4 is 16.0 Å². The van der Waals surface area contributed by atoms with Crippen LogP contribution in [0.4, 0.5) is 10.5 Å². The van der Waals surface area contributed by atoms with E-state index in [4.69, 9.17) is 0 Å². The van der Waals surface area contributed by atoms with Crippen molar-refractivity contribution in [3.63, 3.8) is 0 Å². The van der Waals surface area contributed by atoms with Gasteiger partial charge in [-0.3, -0.25) is 10.3 Å². The molecule has 120 valence electrons. The Kier molecular flexibility index (Phi) is 7.46. The van der Waals surface area contributed by atoms with Gasteiger partial charge in [-0.15, -0.1) is 19.0 Å². The number of aliphatic imine (C=N–C) groups is 1. The maximum Gasteiger partial charge on any atom is 0.321 e. The lowest BCUT2D eigenvalue weighted by Gasteiger charge is -2.11. The molecule has 2 rings (SSSR count). The standard InChI is InChI=1S/C16H22N4O.ClH/c1-3-4-12-7-9-14(10-8-12)19-15(20-16(21)17-2)18-11-13-5-6-13;/h3,7-10,13H,1,4-6,11H2,2H3,(H3,17,18,19,20,21);1H. The molecular formula is C16H23ClN4O. The highest BCUT2D eigenvalue weighted by molar-refractivity contribution is 6.03. The number of anilines is 1. The minimum Gasteiger partial charge on any atom is -0.341 e. The van der Waals surface area contributed by atoms with Gasteiger partial charge < -0.3 is 10.6 Å². The number of halogens is 1. The second-order valence-electron chi connectivity index (χ2n) is 5.15. The van der Waals surface area contributed by atoms with E-state index in [1.807, 2.05) is 30.3 Å². The number of amides is 2. The van der Waals surface area contributed by atoms with Gasteiger partial charge in [-0.05, 0) is 42.9 Å². The molecule has 0 spiro atoms. The Balaban J connectivity index is 0.00000242. The minimum absolute atomic E-state index is 0. The third kappa shape index (κ3) is 6.18. The number of benzene rings is 1. The fourth-order valence-corrected chi connectivity index (χ4v) is 1.83. The van der Waals surface area contributed by atoms with Crippen LogP contribution in [0.1, 0.15) is 18.4 Å². The molecule has 0 aromatic heterocycles. The summed E-state index contributed by atoms with van der Waals surface area (Å²) in [5, 5.41) is 8.39. The van der Waals surface area contributed by atoms with E-state index in [0.717, 1.165) is 18.7 Å². The lowest BCUT2D eigenvalue weighted by molar-refractivity contribution is 0.247. The van der Waals surface area contributed by atoms with Gasteiger partial charge in [0.2, 0.25) is 5.96 Å². The van der Waals surface area contributed by atoms with Crippen LogP contribution in [0.2, 0.25) is 0 Å². The number of urea groups is 1. The molecular weight excluding hydrogens is 300 g/mol. The first-order valence-corrected chi connectivity index (χ1v) is 7.21. The summed E-state index contributed by atoms with van der Waals surface area (Å²) >= 11 is 0. The van der Waals surface area contributed by atoms with Gasteiger partial charge in [0.05, 0.1) is 0 Å². The summed E-state index contributed by atoms with van der Waals surface area (Å²) in [6.07, 6.45) is 5.18. The maximum absolute atomic E-state index is 11.5. The van der Waals surface area contributed by atoms with Crippen LogP contribution in [0.25, 0.3) is 0 Å². The Morgan fingerprint density at radius 3 is 2.59 bits per heavy atom. The first-order chi connectivity index (χ1) is 10.2. The van der Waals surface area contributed by atoms with E-state index >= 15 is 0 Å². The molecule has 0 aliphatic heterocycles. The molecule has 1 aliphatic rings. The average Bonchev–Trinajstić information content (AvgIpc) is 3.31. The van der Waals surface area contributed by atoms with Gasteiger partial charge in [0.15, 0.2) is 0 Å². The van der Waals surface area contributed by atoms with E-state index in [0.29, 0.717) is 11.9 Å². The number of nitrogens with zero attached hydrogens (tertiary/aromatic N) is 1. The highest BCUT2D eigenvalue weighted by Gasteiger charge is 2.20. The normalized spacial score (nSPS) is 13.8. The van der Waals surface area contributed by atoms with Crippen molar-refractivity contribution in [1.29, 1.82) is 0 Å². The number of hydrogen-bond acceptors (Lipinski definition) is 2. The SMILES string of the molecule is C=CCc1ccc(NC(=NCC2CC2)NC(=O)NC)cc1.Cl. The van der Waals surface area contributed by atoms with Gasteiger partial charge in [0, 0.05) is 19.3 Å². The quantitative estimate of drug-likeness (QED) is 0.443. The van der Waals surface area contributed by atoms with Gasteiger partial charge in [-0.1, -0.05) is 18.2 Å². The monoisotopic (exact) mass is 322 g/mol. The van der Waals surface area contributed by atoms with Gasteiger partial charge in [0.1, 0.15) is 0 Å². The second-order valence-corrected chi connectivity index (χ2v) is 5.15. The van der Waals surface area contributed by atoms with E-state index in [1.165, 1.54) is 18.4 Å². The number of allylic oxidation sites excluding steroid dienone is 1. The molecule has 0 radical (unpaired) electrons. The topological polar surface area (TPSA) is 65.5 Å². The van der Waals surface area contributed by atoms with Crippen molar-refractivity contribution in [3.05, 3.63) is 42.5 Å². The zero-order valence-electron chi connectivity index (χ0n) is 12.8. The Labute approximate surface area is 137 Å². The molecule has 0 heterocycles. The number of guanidine groups is 1. The number of nitrogens with one attached hydrogen (secondary N) is 3. The molecule has 0 saturated heterocycles. The molecule has 2 amide bonds. The second kappa shape index (κ2) is 9.10. The molecule has 0 atom stereocenters. The highest BCUT2D eigenvalue weighted by atomic mass is 35.5. The Morgan fingerprint density at radius 2 is 2.05 bits per heavy atom. The fourth-order valence-electron chi connectivity index (χ4n) is 1.83. The molecule has 1 aromatic rings. The van der Waals surface area contributed by atoms with E-state index in [1.54, 1.807) is 7.05 Å². The maximum atomic E-state index is 11.5. The number of rotatable bonds is 5. The number of carbonyl (C=O) groups is 1. The summed E-state index contributed by atoms with van der Waals surface area (Å²) in [4.78, 5) is 15.9. The molecule has 1 aliphatic carbocycles. The molecule has 1 saturated carbocycles. The molecule has 22 heavy (non-hydrogen) atoms. The van der Waals surface area contributed by atoms with Crippen molar-refractivity contribution >= 4 is 30.1 Å². The lowest BCUT2D eigenvalue weighted by atomic mass is 10.1. The fraction of sp³-hybridized carbons (Fsp3) is 0.375. The van der Waals surface area contributed by atoms with Gasteiger partial charge in [-0.2, -0.15) is 0 Å². The summed E-state index contributed by atoms with van der Waals surface area (Å²) in [7, 11) is 1.58. The molecule has 6 heteroatoms. The molecule has 5 nitrogen and oxygen atoms in total. The van der Waals surface area contributed by atoms with E-state index in [2.05, 4.69) is 27.5 Å². The Bertz CT molecular complexity index is 523. The average molecular weight is 323 g/mol. The molecule has 0 unspecified atom stereocenters. The Hall–Kier alpha value is -2.01. The highest BCUT2D eigenvalue weighted by Crippen LogP contribution is 2.28. The smallest absolute Gasteiger partial charge is 0.321 e. The summed E-state index contributed by atoms with van der Waals surface area (Å²) in [5.74, 6) is 1.15. The van der Waals surface area contributed by atoms with Gasteiger partial charge >= 0.3 is 6.03 Å². The first kappa shape index (κ1) is 18.0. The zero-order valence-corrected chi connectivity index (χ0v) is 13.6. The van der Waals surface area contributed by atoms with Crippen molar-refractivity contribution in [1.82, 2.24) is 10.6 Å². The largest absolute Gasteiger partial charge is 0.341 e. The summed E-state index contributed by atoms with van der Waals surface area (Å²) in [6, 6.07) is 7.72. The Morgan fingerprint density at radius 1 is 1.36 bits per heavy atom. The van der Waals surface area contributed by atoms with Crippen molar-refractivity contribution in [2.24, 2.45) is 10.9 Å².